The van der Waals surface area contributed by atoms with Crippen molar-refractivity contribution < 1.29 is 0 Å². The molecule has 1 heterocycles. The average molecular weight is 235 g/mol. The smallest absolute Gasteiger partial charge is 0.0519 e. The molecule has 0 aromatic heterocycles. The van der Waals surface area contributed by atoms with Crippen LogP contribution >= 0.6 is 0 Å². The molecule has 0 unspecified atom stereocenters. The highest BCUT2D eigenvalue weighted by Crippen LogP contribution is 2.19. The molecule has 0 bridgehead atoms. The van der Waals surface area contributed by atoms with Crippen LogP contribution < -0.4 is 0 Å². The molecule has 0 N–H and O–H groups in total. The molecule has 0 saturated heterocycles. The van der Waals surface area contributed by atoms with Crippen LogP contribution in [0.4, 0.5) is 0 Å². The Morgan fingerprint density at radius 2 is 2.06 bits per heavy atom. The van der Waals surface area contributed by atoms with Crippen molar-refractivity contribution in [2.24, 2.45) is 0 Å². The van der Waals surface area contributed by atoms with Gasteiger partial charge in [0.05, 0.1) is 5.70 Å². The number of hydrogen-bond donors (Lipinski definition) is 0. The summed E-state index contributed by atoms with van der Waals surface area (Å²) < 4.78 is 0. The van der Waals surface area contributed by atoms with Crippen LogP contribution in [0.2, 0.25) is 0 Å². The van der Waals surface area contributed by atoms with Gasteiger partial charge in [0, 0.05) is 24.7 Å². The zero-order valence-electron chi connectivity index (χ0n) is 10.9. The summed E-state index contributed by atoms with van der Waals surface area (Å²) in [6.07, 6.45) is 5.92. The Balaban J connectivity index is 2.59. The average Bonchev–Trinajstić information content (AvgIpc) is 2.36. The fourth-order valence-corrected chi connectivity index (χ4v) is 2.08. The lowest BCUT2D eigenvalue weighted by molar-refractivity contribution is 0.422. The molecule has 1 aliphatic heterocycles. The van der Waals surface area contributed by atoms with Gasteiger partial charge in [-0.3, -0.25) is 0 Å². The van der Waals surface area contributed by atoms with Gasteiger partial charge in [0.15, 0.2) is 0 Å². The molecule has 1 nitrogen and oxygen atoms in total. The van der Waals surface area contributed by atoms with Crippen molar-refractivity contribution in [1.29, 1.82) is 0 Å². The Kier molecular flexibility index (Phi) is 3.69. The maximum Gasteiger partial charge on any atom is 0.0519 e. The first-order valence-electron chi connectivity index (χ1n) is 6.06. The van der Waals surface area contributed by atoms with Crippen LogP contribution in [-0.4, -0.2) is 11.9 Å². The summed E-state index contributed by atoms with van der Waals surface area (Å²) in [7, 11) is 2.07. The van der Waals surface area contributed by atoms with E-state index in [0.29, 0.717) is 0 Å². The first-order valence-corrected chi connectivity index (χ1v) is 6.06. The van der Waals surface area contributed by atoms with E-state index in [2.05, 4.69) is 48.6 Å². The van der Waals surface area contributed by atoms with Gasteiger partial charge in [-0.2, -0.15) is 0 Å². The zero-order valence-corrected chi connectivity index (χ0v) is 10.9. The first kappa shape index (κ1) is 12.3. The summed E-state index contributed by atoms with van der Waals surface area (Å²) >= 11 is 0. The standard InChI is InChI=1S/C17H17N/c1-4-8-15-12-11-14-9-6-7-10-16(14)13-18(3)17(15)5-2/h4-10H,2,13H2,1,3H3/b8-4-,17-15-. The minimum atomic E-state index is 0.854. The van der Waals surface area contributed by atoms with Gasteiger partial charge in [-0.15, -0.1) is 0 Å². The normalized spacial score (nSPS) is 18.7. The predicted octanol–water partition coefficient (Wildman–Crippen LogP) is 3.50. The Morgan fingerprint density at radius 3 is 2.78 bits per heavy atom. The number of benzene rings is 1. The molecule has 1 aromatic carbocycles. The lowest BCUT2D eigenvalue weighted by atomic mass is 10.0. The largest absolute Gasteiger partial charge is 0.369 e. The van der Waals surface area contributed by atoms with Gasteiger partial charge in [-0.05, 0) is 30.7 Å². The van der Waals surface area contributed by atoms with Crippen molar-refractivity contribution >= 4 is 0 Å². The van der Waals surface area contributed by atoms with E-state index in [1.165, 1.54) is 5.56 Å². The highest BCUT2D eigenvalue weighted by molar-refractivity contribution is 5.52. The molecule has 2 rings (SSSR count). The monoisotopic (exact) mass is 235 g/mol. The van der Waals surface area contributed by atoms with Crippen molar-refractivity contribution in [2.75, 3.05) is 7.05 Å². The molecule has 18 heavy (non-hydrogen) atoms. The third kappa shape index (κ3) is 2.38. The molecule has 0 spiro atoms. The second-order valence-corrected chi connectivity index (χ2v) is 4.27. The second kappa shape index (κ2) is 5.42. The Hall–Kier alpha value is -2.20. The van der Waals surface area contributed by atoms with Gasteiger partial charge in [0.1, 0.15) is 0 Å². The topological polar surface area (TPSA) is 3.24 Å². The van der Waals surface area contributed by atoms with Crippen molar-refractivity contribution in [3.8, 4) is 11.8 Å². The number of allylic oxidation sites excluding steroid dienone is 4. The Morgan fingerprint density at radius 1 is 1.28 bits per heavy atom. The molecule has 1 aromatic rings. The maximum atomic E-state index is 3.89. The fraction of sp³-hybridized carbons (Fsp3) is 0.176. The van der Waals surface area contributed by atoms with Gasteiger partial charge in [-0.25, -0.2) is 0 Å². The van der Waals surface area contributed by atoms with Crippen LogP contribution in [0, 0.1) is 11.8 Å². The summed E-state index contributed by atoms with van der Waals surface area (Å²) in [5, 5.41) is 0. The van der Waals surface area contributed by atoms with E-state index < -0.39 is 0 Å². The van der Waals surface area contributed by atoms with Crippen LogP contribution in [-0.2, 0) is 6.54 Å². The second-order valence-electron chi connectivity index (χ2n) is 4.27. The van der Waals surface area contributed by atoms with Crippen molar-refractivity contribution in [1.82, 2.24) is 4.90 Å². The van der Waals surface area contributed by atoms with Crippen LogP contribution in [0.5, 0.6) is 0 Å². The van der Waals surface area contributed by atoms with Gasteiger partial charge in [0.2, 0.25) is 0 Å². The Bertz CT molecular complexity index is 579. The van der Waals surface area contributed by atoms with Crippen LogP contribution in [0.15, 0.2) is 60.3 Å². The van der Waals surface area contributed by atoms with E-state index in [-0.39, 0.29) is 0 Å². The van der Waals surface area contributed by atoms with E-state index in [1.54, 1.807) is 0 Å². The summed E-state index contributed by atoms with van der Waals surface area (Å²) in [6.45, 7) is 6.75. The SMILES string of the molecule is C=C/C1=C(\C=C/C)C#Cc2ccccc2CN1C. The third-order valence-electron chi connectivity index (χ3n) is 2.97. The van der Waals surface area contributed by atoms with E-state index in [9.17, 15) is 0 Å². The maximum absolute atomic E-state index is 3.89. The Labute approximate surface area is 109 Å². The molecule has 0 saturated carbocycles. The lowest BCUT2D eigenvalue weighted by Gasteiger charge is -2.23. The van der Waals surface area contributed by atoms with Gasteiger partial charge < -0.3 is 4.90 Å². The highest BCUT2D eigenvalue weighted by atomic mass is 15.1. The molecule has 0 amide bonds. The van der Waals surface area contributed by atoms with Crippen molar-refractivity contribution in [3.05, 3.63) is 71.5 Å². The predicted molar refractivity (Wildman–Crippen MR) is 76.8 cm³/mol. The molecule has 90 valence electrons. The van der Waals surface area contributed by atoms with E-state index in [4.69, 9.17) is 0 Å². The van der Waals surface area contributed by atoms with Gasteiger partial charge in [0.25, 0.3) is 0 Å². The van der Waals surface area contributed by atoms with E-state index in [1.807, 2.05) is 31.2 Å². The summed E-state index contributed by atoms with van der Waals surface area (Å²) in [5.41, 5.74) is 4.46. The van der Waals surface area contributed by atoms with Crippen molar-refractivity contribution in [3.63, 3.8) is 0 Å². The quantitative estimate of drug-likeness (QED) is 0.709. The van der Waals surface area contributed by atoms with Crippen LogP contribution in [0.25, 0.3) is 0 Å². The van der Waals surface area contributed by atoms with Gasteiger partial charge >= 0.3 is 0 Å². The number of nitrogens with zero attached hydrogens (tertiary/aromatic N) is 1. The summed E-state index contributed by atoms with van der Waals surface area (Å²) in [5.74, 6) is 6.49. The van der Waals surface area contributed by atoms with Crippen LogP contribution in [0.1, 0.15) is 18.1 Å². The molecule has 1 aliphatic rings. The molecule has 0 fully saturated rings. The fourth-order valence-electron chi connectivity index (χ4n) is 2.08. The van der Waals surface area contributed by atoms with Gasteiger partial charge in [-0.1, -0.05) is 42.7 Å². The molecular weight excluding hydrogens is 218 g/mol. The number of rotatable bonds is 2. The van der Waals surface area contributed by atoms with Crippen molar-refractivity contribution in [2.45, 2.75) is 13.5 Å². The van der Waals surface area contributed by atoms with Crippen LogP contribution in [0.3, 0.4) is 0 Å². The summed E-state index contributed by atoms with van der Waals surface area (Å²) in [4.78, 5) is 2.19. The number of likely N-dealkylation sites (N-methyl/N-ethyl adjacent to an activating group) is 1. The first-order chi connectivity index (χ1) is 8.76. The van der Waals surface area contributed by atoms with E-state index in [0.717, 1.165) is 23.4 Å². The summed E-state index contributed by atoms with van der Waals surface area (Å²) in [6, 6.07) is 8.28. The molecule has 0 atom stereocenters. The molecule has 0 aliphatic carbocycles. The molecule has 1 heteroatoms. The minimum absolute atomic E-state index is 0.854. The lowest BCUT2D eigenvalue weighted by Crippen LogP contribution is -2.19. The zero-order chi connectivity index (χ0) is 13.0. The number of hydrogen-bond acceptors (Lipinski definition) is 1. The van der Waals surface area contributed by atoms with E-state index >= 15 is 0 Å². The molecular formula is C17H17N. The number of fused-ring (bicyclic) bond motifs is 1. The highest BCUT2D eigenvalue weighted by Gasteiger charge is 2.10. The third-order valence-corrected chi connectivity index (χ3v) is 2.97. The minimum Gasteiger partial charge on any atom is -0.369 e. The molecule has 0 radical (unpaired) electrons.